The second kappa shape index (κ2) is 8.14. The van der Waals surface area contributed by atoms with E-state index >= 15 is 0 Å². The SMILES string of the molecule is CCCCN1CCC[C@@H](c2[nH]ncc2NC(=O)COC)C1. The zero-order valence-corrected chi connectivity index (χ0v) is 13.0. The highest BCUT2D eigenvalue weighted by Crippen LogP contribution is 2.30. The molecule has 1 atom stereocenters. The number of amides is 1. The Bertz CT molecular complexity index is 447. The number of rotatable bonds is 7. The molecule has 118 valence electrons. The third-order valence-electron chi connectivity index (χ3n) is 3.96. The van der Waals surface area contributed by atoms with Crippen molar-refractivity contribution in [2.45, 2.75) is 38.5 Å². The van der Waals surface area contributed by atoms with Gasteiger partial charge < -0.3 is 15.0 Å². The van der Waals surface area contributed by atoms with Crippen molar-refractivity contribution in [3.63, 3.8) is 0 Å². The predicted molar refractivity (Wildman–Crippen MR) is 82.4 cm³/mol. The minimum atomic E-state index is -0.140. The Labute approximate surface area is 126 Å². The normalized spacial score (nSPS) is 19.6. The number of nitrogens with zero attached hydrogens (tertiary/aromatic N) is 2. The van der Waals surface area contributed by atoms with Gasteiger partial charge in [-0.05, 0) is 32.4 Å². The molecule has 21 heavy (non-hydrogen) atoms. The quantitative estimate of drug-likeness (QED) is 0.806. The van der Waals surface area contributed by atoms with Crippen molar-refractivity contribution in [3.05, 3.63) is 11.9 Å². The van der Waals surface area contributed by atoms with Crippen molar-refractivity contribution in [2.24, 2.45) is 0 Å². The van der Waals surface area contributed by atoms with Crippen molar-refractivity contribution < 1.29 is 9.53 Å². The topological polar surface area (TPSA) is 70.2 Å². The Balaban J connectivity index is 1.97. The first-order valence-electron chi connectivity index (χ1n) is 7.79. The van der Waals surface area contributed by atoms with E-state index in [0.717, 1.165) is 30.9 Å². The van der Waals surface area contributed by atoms with Crippen molar-refractivity contribution >= 4 is 11.6 Å². The molecule has 1 fully saturated rings. The highest BCUT2D eigenvalue weighted by molar-refractivity contribution is 5.92. The highest BCUT2D eigenvalue weighted by Gasteiger charge is 2.24. The number of ether oxygens (including phenoxy) is 1. The summed E-state index contributed by atoms with van der Waals surface area (Å²) in [7, 11) is 1.52. The number of H-pyrrole nitrogens is 1. The van der Waals surface area contributed by atoms with E-state index in [2.05, 4.69) is 27.3 Å². The number of carbonyl (C=O) groups is 1. The smallest absolute Gasteiger partial charge is 0.250 e. The summed E-state index contributed by atoms with van der Waals surface area (Å²) in [6.45, 7) is 5.66. The van der Waals surface area contributed by atoms with Gasteiger partial charge in [0.25, 0.3) is 0 Å². The summed E-state index contributed by atoms with van der Waals surface area (Å²) in [6.07, 6.45) is 6.49. The van der Waals surface area contributed by atoms with Crippen LogP contribution in [0.15, 0.2) is 6.20 Å². The van der Waals surface area contributed by atoms with Crippen LogP contribution in [-0.4, -0.2) is 54.4 Å². The third-order valence-corrected chi connectivity index (χ3v) is 3.96. The fraction of sp³-hybridized carbons (Fsp3) is 0.733. The average molecular weight is 294 g/mol. The van der Waals surface area contributed by atoms with Gasteiger partial charge in [-0.15, -0.1) is 0 Å². The summed E-state index contributed by atoms with van der Waals surface area (Å²) in [6, 6.07) is 0. The molecule has 1 aromatic rings. The molecule has 0 unspecified atom stereocenters. The van der Waals surface area contributed by atoms with Crippen LogP contribution in [0, 0.1) is 0 Å². The molecule has 0 spiro atoms. The van der Waals surface area contributed by atoms with E-state index in [9.17, 15) is 4.79 Å². The monoisotopic (exact) mass is 294 g/mol. The van der Waals surface area contributed by atoms with E-state index < -0.39 is 0 Å². The molecule has 6 heteroatoms. The lowest BCUT2D eigenvalue weighted by Gasteiger charge is -2.32. The summed E-state index contributed by atoms with van der Waals surface area (Å²) in [5.41, 5.74) is 1.83. The molecule has 1 aliphatic heterocycles. The van der Waals surface area contributed by atoms with E-state index in [1.807, 2.05) is 0 Å². The maximum atomic E-state index is 11.7. The van der Waals surface area contributed by atoms with E-state index in [-0.39, 0.29) is 12.5 Å². The number of anilines is 1. The zero-order chi connectivity index (χ0) is 15.1. The summed E-state index contributed by atoms with van der Waals surface area (Å²) in [5.74, 6) is 0.273. The molecule has 1 aliphatic rings. The zero-order valence-electron chi connectivity index (χ0n) is 13.0. The summed E-state index contributed by atoms with van der Waals surface area (Å²) < 4.78 is 4.85. The number of methoxy groups -OCH3 is 1. The van der Waals surface area contributed by atoms with Crippen LogP contribution in [0.4, 0.5) is 5.69 Å². The lowest BCUT2D eigenvalue weighted by Crippen LogP contribution is -2.35. The number of aromatic nitrogens is 2. The van der Waals surface area contributed by atoms with Gasteiger partial charge in [0, 0.05) is 19.6 Å². The summed E-state index contributed by atoms with van der Waals surface area (Å²) >= 11 is 0. The first kappa shape index (κ1) is 16.0. The number of aromatic amines is 1. The molecule has 6 nitrogen and oxygen atoms in total. The first-order valence-corrected chi connectivity index (χ1v) is 7.79. The van der Waals surface area contributed by atoms with Crippen molar-refractivity contribution in [1.82, 2.24) is 15.1 Å². The van der Waals surface area contributed by atoms with Gasteiger partial charge in [0.2, 0.25) is 5.91 Å². The maximum Gasteiger partial charge on any atom is 0.250 e. The molecule has 0 bridgehead atoms. The number of piperidine rings is 1. The predicted octanol–water partition coefficient (Wildman–Crippen LogP) is 1.97. The van der Waals surface area contributed by atoms with Crippen LogP contribution in [0.5, 0.6) is 0 Å². The molecule has 2 heterocycles. The molecular weight excluding hydrogens is 268 g/mol. The van der Waals surface area contributed by atoms with Gasteiger partial charge in [0.1, 0.15) is 6.61 Å². The third kappa shape index (κ3) is 4.54. The number of unbranched alkanes of at least 4 members (excludes halogenated alkanes) is 1. The van der Waals surface area contributed by atoms with Crippen LogP contribution in [0.1, 0.15) is 44.2 Å². The number of hydrogen-bond donors (Lipinski definition) is 2. The van der Waals surface area contributed by atoms with E-state index in [1.165, 1.54) is 32.9 Å². The fourth-order valence-electron chi connectivity index (χ4n) is 2.90. The lowest BCUT2D eigenvalue weighted by atomic mass is 9.94. The fourth-order valence-corrected chi connectivity index (χ4v) is 2.90. The molecule has 1 amide bonds. The van der Waals surface area contributed by atoms with Crippen molar-refractivity contribution in [2.75, 3.05) is 38.7 Å². The molecule has 2 rings (SSSR count). The Morgan fingerprint density at radius 3 is 3.24 bits per heavy atom. The average Bonchev–Trinajstić information content (AvgIpc) is 2.93. The Hall–Kier alpha value is -1.40. The van der Waals surface area contributed by atoms with Crippen LogP contribution >= 0.6 is 0 Å². The number of nitrogens with one attached hydrogen (secondary N) is 2. The van der Waals surface area contributed by atoms with Crippen LogP contribution < -0.4 is 5.32 Å². The largest absolute Gasteiger partial charge is 0.375 e. The van der Waals surface area contributed by atoms with Crippen LogP contribution in [-0.2, 0) is 9.53 Å². The van der Waals surface area contributed by atoms with Gasteiger partial charge in [-0.1, -0.05) is 13.3 Å². The molecule has 0 radical (unpaired) electrons. The Kier molecular flexibility index (Phi) is 6.20. The van der Waals surface area contributed by atoms with Crippen LogP contribution in [0.25, 0.3) is 0 Å². The maximum absolute atomic E-state index is 11.7. The van der Waals surface area contributed by atoms with Gasteiger partial charge in [-0.2, -0.15) is 5.10 Å². The van der Waals surface area contributed by atoms with Gasteiger partial charge >= 0.3 is 0 Å². The van der Waals surface area contributed by atoms with Crippen molar-refractivity contribution in [3.8, 4) is 0 Å². The van der Waals surface area contributed by atoms with Gasteiger partial charge in [-0.3, -0.25) is 9.89 Å². The van der Waals surface area contributed by atoms with Crippen LogP contribution in [0.3, 0.4) is 0 Å². The molecule has 0 aromatic carbocycles. The Morgan fingerprint density at radius 1 is 1.62 bits per heavy atom. The van der Waals surface area contributed by atoms with E-state index in [4.69, 9.17) is 4.74 Å². The number of likely N-dealkylation sites (tertiary alicyclic amines) is 1. The van der Waals surface area contributed by atoms with Crippen molar-refractivity contribution in [1.29, 1.82) is 0 Å². The molecule has 0 aliphatic carbocycles. The standard InChI is InChI=1S/C15H26N4O2/c1-3-4-7-19-8-5-6-12(10-19)15-13(9-16-18-15)17-14(20)11-21-2/h9,12H,3-8,10-11H2,1-2H3,(H,16,18)(H,17,20)/t12-/m1/s1. The van der Waals surface area contributed by atoms with Crippen LogP contribution in [0.2, 0.25) is 0 Å². The van der Waals surface area contributed by atoms with Gasteiger partial charge in [-0.25, -0.2) is 0 Å². The minimum absolute atomic E-state index is 0.0674. The molecule has 0 saturated carbocycles. The minimum Gasteiger partial charge on any atom is -0.375 e. The summed E-state index contributed by atoms with van der Waals surface area (Å²) in [4.78, 5) is 14.2. The lowest BCUT2D eigenvalue weighted by molar-refractivity contribution is -0.119. The highest BCUT2D eigenvalue weighted by atomic mass is 16.5. The molecule has 1 saturated heterocycles. The number of carbonyl (C=O) groups excluding carboxylic acids is 1. The summed E-state index contributed by atoms with van der Waals surface area (Å²) in [5, 5.41) is 10.0. The van der Waals surface area contributed by atoms with E-state index in [1.54, 1.807) is 6.20 Å². The second-order valence-corrected chi connectivity index (χ2v) is 5.67. The number of hydrogen-bond acceptors (Lipinski definition) is 4. The van der Waals surface area contributed by atoms with Gasteiger partial charge in [0.05, 0.1) is 17.6 Å². The molecular formula is C15H26N4O2. The second-order valence-electron chi connectivity index (χ2n) is 5.67. The first-order chi connectivity index (χ1) is 10.2. The van der Waals surface area contributed by atoms with E-state index in [0.29, 0.717) is 5.92 Å². The molecule has 2 N–H and O–H groups in total. The van der Waals surface area contributed by atoms with Gasteiger partial charge in [0.15, 0.2) is 0 Å². The molecule has 1 aromatic heterocycles. The Morgan fingerprint density at radius 2 is 2.48 bits per heavy atom.